The number of para-hydroxylation sites is 2. The fourth-order valence-electron chi connectivity index (χ4n) is 6.42. The zero-order valence-corrected chi connectivity index (χ0v) is 26.0. The highest BCUT2D eigenvalue weighted by Crippen LogP contribution is 2.54. The summed E-state index contributed by atoms with van der Waals surface area (Å²) in [6, 6.07) is 21.9. The predicted molar refractivity (Wildman–Crippen MR) is 172 cm³/mol. The number of Topliss-reactive ketones (excluding diaryl/α,β-unsaturated/α-hetero) is 2. The van der Waals surface area contributed by atoms with Crippen molar-refractivity contribution in [3.63, 3.8) is 0 Å². The molecule has 6 rings (SSSR count). The fraction of sp³-hybridized carbons (Fsp3) is 0.297. The SMILES string of the molecule is CC(C)(C)c1cc(N2c3ccccc3C(C)(C)c3ccccc32)c(C(C)(C)C)cc1C=C1C(=O)c2cscc2C1=O. The number of nitrogens with zero attached hydrogens (tertiary/aromatic N) is 1. The van der Waals surface area contributed by atoms with Crippen molar-refractivity contribution in [1.82, 2.24) is 0 Å². The average molecular weight is 560 g/mol. The molecule has 0 fully saturated rings. The Bertz CT molecular complexity index is 1690. The minimum Gasteiger partial charge on any atom is -0.310 e. The number of allylic oxidation sites excluding steroid dienone is 1. The van der Waals surface area contributed by atoms with Crippen LogP contribution in [0.2, 0.25) is 0 Å². The Morgan fingerprint density at radius 1 is 0.683 bits per heavy atom. The molecule has 0 atom stereocenters. The van der Waals surface area contributed by atoms with E-state index in [0.717, 1.165) is 22.4 Å². The summed E-state index contributed by atoms with van der Waals surface area (Å²) in [7, 11) is 0. The lowest BCUT2D eigenvalue weighted by Crippen LogP contribution is -2.32. The lowest BCUT2D eigenvalue weighted by atomic mass is 9.72. The zero-order valence-electron chi connectivity index (χ0n) is 25.2. The molecule has 3 nitrogen and oxygen atoms in total. The number of fused-ring (bicyclic) bond motifs is 3. The van der Waals surface area contributed by atoms with Crippen molar-refractivity contribution in [3.8, 4) is 0 Å². The van der Waals surface area contributed by atoms with Crippen LogP contribution < -0.4 is 4.90 Å². The normalized spacial score (nSPS) is 16.0. The van der Waals surface area contributed by atoms with Crippen LogP contribution in [0, 0.1) is 0 Å². The first kappa shape index (κ1) is 27.4. The van der Waals surface area contributed by atoms with Gasteiger partial charge in [-0.1, -0.05) is 91.8 Å². The summed E-state index contributed by atoms with van der Waals surface area (Å²) < 4.78 is 0. The van der Waals surface area contributed by atoms with Crippen molar-refractivity contribution >= 4 is 46.0 Å². The Balaban J connectivity index is 1.65. The van der Waals surface area contributed by atoms with Gasteiger partial charge in [-0.25, -0.2) is 0 Å². The molecule has 0 radical (unpaired) electrons. The average Bonchev–Trinajstić information content (AvgIpc) is 3.48. The highest BCUT2D eigenvalue weighted by molar-refractivity contribution is 7.08. The summed E-state index contributed by atoms with van der Waals surface area (Å²) >= 11 is 1.40. The van der Waals surface area contributed by atoms with Crippen LogP contribution in [0.5, 0.6) is 0 Å². The van der Waals surface area contributed by atoms with Gasteiger partial charge in [0.25, 0.3) is 0 Å². The first-order valence-electron chi connectivity index (χ1n) is 14.3. The molecule has 2 aliphatic rings. The Labute approximate surface area is 247 Å². The Morgan fingerprint density at radius 2 is 1.17 bits per heavy atom. The van der Waals surface area contributed by atoms with Crippen molar-refractivity contribution in [2.45, 2.75) is 71.6 Å². The third-order valence-corrected chi connectivity index (χ3v) is 9.35. The van der Waals surface area contributed by atoms with Crippen LogP contribution in [-0.4, -0.2) is 11.6 Å². The summed E-state index contributed by atoms with van der Waals surface area (Å²) in [5.74, 6) is -0.345. The maximum atomic E-state index is 13.3. The van der Waals surface area contributed by atoms with Gasteiger partial charge >= 0.3 is 0 Å². The van der Waals surface area contributed by atoms with E-state index in [1.165, 1.54) is 33.8 Å². The van der Waals surface area contributed by atoms with Crippen molar-refractivity contribution in [2.75, 3.05) is 4.90 Å². The molecule has 0 saturated carbocycles. The second kappa shape index (κ2) is 9.12. The molecule has 2 heterocycles. The van der Waals surface area contributed by atoms with Gasteiger partial charge in [0.05, 0.1) is 22.6 Å². The predicted octanol–water partition coefficient (Wildman–Crippen LogP) is 9.91. The molecule has 1 aliphatic heterocycles. The van der Waals surface area contributed by atoms with Crippen molar-refractivity contribution in [1.29, 1.82) is 0 Å². The van der Waals surface area contributed by atoms with Crippen LogP contribution in [0.15, 0.2) is 77.0 Å². The minimum absolute atomic E-state index is 0.147. The highest BCUT2D eigenvalue weighted by Gasteiger charge is 2.39. The minimum atomic E-state index is -0.236. The Morgan fingerprint density at radius 3 is 1.66 bits per heavy atom. The molecule has 3 aromatic carbocycles. The van der Waals surface area contributed by atoms with Gasteiger partial charge < -0.3 is 4.90 Å². The monoisotopic (exact) mass is 559 g/mol. The summed E-state index contributed by atoms with van der Waals surface area (Å²) in [5, 5.41) is 3.58. The molecule has 0 N–H and O–H groups in total. The van der Waals surface area contributed by atoms with E-state index in [1.807, 2.05) is 6.08 Å². The van der Waals surface area contributed by atoms with Crippen molar-refractivity contribution in [2.24, 2.45) is 0 Å². The second-order valence-electron chi connectivity index (χ2n) is 13.9. The maximum Gasteiger partial charge on any atom is 0.198 e. The van der Waals surface area contributed by atoms with E-state index in [4.69, 9.17) is 0 Å². The van der Waals surface area contributed by atoms with E-state index < -0.39 is 0 Å². The number of benzene rings is 3. The molecular weight excluding hydrogens is 522 g/mol. The second-order valence-corrected chi connectivity index (χ2v) is 14.6. The molecule has 0 saturated heterocycles. The lowest BCUT2D eigenvalue weighted by molar-refractivity contribution is 0.0990. The number of ketones is 2. The third-order valence-electron chi connectivity index (χ3n) is 8.60. The first-order chi connectivity index (χ1) is 19.2. The quantitative estimate of drug-likeness (QED) is 0.181. The molecule has 1 aliphatic carbocycles. The smallest absolute Gasteiger partial charge is 0.198 e. The largest absolute Gasteiger partial charge is 0.310 e. The van der Waals surface area contributed by atoms with Crippen LogP contribution in [0.25, 0.3) is 6.08 Å². The molecule has 208 valence electrons. The van der Waals surface area contributed by atoms with Gasteiger partial charge in [-0.2, -0.15) is 11.3 Å². The van der Waals surface area contributed by atoms with E-state index in [9.17, 15) is 9.59 Å². The Kier molecular flexibility index (Phi) is 6.10. The summed E-state index contributed by atoms with van der Waals surface area (Å²) in [4.78, 5) is 29.0. The Hall–Kier alpha value is -3.76. The van der Waals surface area contributed by atoms with Gasteiger partial charge in [0.15, 0.2) is 11.6 Å². The number of anilines is 3. The van der Waals surface area contributed by atoms with E-state index in [-0.39, 0.29) is 33.4 Å². The zero-order chi connectivity index (χ0) is 29.5. The van der Waals surface area contributed by atoms with E-state index in [1.54, 1.807) is 10.8 Å². The molecule has 0 bridgehead atoms. The molecule has 1 aromatic heterocycles. The molecule has 0 unspecified atom stereocenters. The van der Waals surface area contributed by atoms with Crippen LogP contribution in [-0.2, 0) is 16.2 Å². The van der Waals surface area contributed by atoms with Crippen LogP contribution >= 0.6 is 11.3 Å². The van der Waals surface area contributed by atoms with Gasteiger partial charge in [0.2, 0.25) is 0 Å². The van der Waals surface area contributed by atoms with Crippen LogP contribution in [0.1, 0.15) is 104 Å². The van der Waals surface area contributed by atoms with E-state index in [0.29, 0.717) is 11.1 Å². The van der Waals surface area contributed by atoms with E-state index in [2.05, 4.69) is 121 Å². The number of rotatable bonds is 2. The molecule has 4 aromatic rings. The highest BCUT2D eigenvalue weighted by atomic mass is 32.1. The first-order valence-corrected chi connectivity index (χ1v) is 15.2. The summed E-state index contributed by atoms with van der Waals surface area (Å²) in [6.45, 7) is 17.9. The van der Waals surface area contributed by atoms with E-state index >= 15 is 0 Å². The van der Waals surface area contributed by atoms with Crippen LogP contribution in [0.3, 0.4) is 0 Å². The summed E-state index contributed by atoms with van der Waals surface area (Å²) in [5.41, 5.74) is 9.97. The number of hydrogen-bond donors (Lipinski definition) is 0. The maximum absolute atomic E-state index is 13.3. The van der Waals surface area contributed by atoms with Gasteiger partial charge in [-0.15, -0.1) is 0 Å². The standard InChI is InChI=1S/C37H37NO2S/c1-35(2,3)28-19-32(38-30-15-11-9-13-26(30)37(7,8)27-14-10-12-16-31(27)38)29(36(4,5)6)18-22(28)17-23-33(39)24-20-41-21-25(24)34(23)40/h9-21H,1-8H3. The fourth-order valence-corrected chi connectivity index (χ4v) is 7.23. The molecule has 0 amide bonds. The van der Waals surface area contributed by atoms with Gasteiger partial charge in [-0.3, -0.25) is 9.59 Å². The topological polar surface area (TPSA) is 37.4 Å². The lowest BCUT2D eigenvalue weighted by Gasteiger charge is -2.44. The third kappa shape index (κ3) is 4.23. The molecule has 4 heteroatoms. The van der Waals surface area contributed by atoms with Gasteiger partial charge in [-0.05, 0) is 69.0 Å². The number of carbonyl (C=O) groups is 2. The van der Waals surface area contributed by atoms with Crippen molar-refractivity contribution in [3.05, 3.63) is 116 Å². The molecule has 0 spiro atoms. The van der Waals surface area contributed by atoms with Gasteiger partial charge in [0, 0.05) is 27.3 Å². The van der Waals surface area contributed by atoms with Crippen LogP contribution in [0.4, 0.5) is 17.1 Å². The number of hydrogen-bond acceptors (Lipinski definition) is 4. The number of carbonyl (C=O) groups excluding carboxylic acids is 2. The molecule has 41 heavy (non-hydrogen) atoms. The summed E-state index contributed by atoms with van der Waals surface area (Å²) in [6.07, 6.45) is 1.84. The van der Waals surface area contributed by atoms with Gasteiger partial charge in [0.1, 0.15) is 0 Å². The molecular formula is C37H37NO2S. The number of thiophene rings is 1. The van der Waals surface area contributed by atoms with Crippen molar-refractivity contribution < 1.29 is 9.59 Å².